The maximum absolute atomic E-state index is 12.0. The molecule has 30 heavy (non-hydrogen) atoms. The zero-order valence-electron chi connectivity index (χ0n) is 16.9. The van der Waals surface area contributed by atoms with Crippen LogP contribution in [0.15, 0.2) is 36.7 Å². The Hall–Kier alpha value is -3.86. The minimum absolute atomic E-state index is 0.132. The molecule has 1 fully saturated rings. The average molecular weight is 402 g/mol. The summed E-state index contributed by atoms with van der Waals surface area (Å²) in [5.41, 5.74) is 2.98. The lowest BCUT2D eigenvalue weighted by atomic mass is 10.2. The maximum Gasteiger partial charge on any atom is 0.298 e. The van der Waals surface area contributed by atoms with Gasteiger partial charge in [-0.3, -0.25) is 4.79 Å². The van der Waals surface area contributed by atoms with Crippen molar-refractivity contribution in [1.29, 1.82) is 0 Å². The zero-order chi connectivity index (χ0) is 21.1. The Morgan fingerprint density at radius 2 is 1.93 bits per heavy atom. The first-order valence-corrected chi connectivity index (χ1v) is 9.70. The number of aromatic nitrogens is 3. The van der Waals surface area contributed by atoms with Gasteiger partial charge in [-0.15, -0.1) is 0 Å². The van der Waals surface area contributed by atoms with E-state index in [0.29, 0.717) is 37.5 Å². The van der Waals surface area contributed by atoms with E-state index in [1.807, 2.05) is 25.1 Å². The van der Waals surface area contributed by atoms with E-state index in [-0.39, 0.29) is 11.7 Å². The minimum Gasteiger partial charge on any atom is -0.508 e. The van der Waals surface area contributed by atoms with E-state index in [2.05, 4.69) is 32.0 Å². The summed E-state index contributed by atoms with van der Waals surface area (Å²) in [7, 11) is 0. The molecule has 0 bridgehead atoms. The van der Waals surface area contributed by atoms with Crippen LogP contribution >= 0.6 is 0 Å². The quantitative estimate of drug-likeness (QED) is 0.513. The van der Waals surface area contributed by atoms with Crippen molar-refractivity contribution in [2.75, 3.05) is 36.4 Å². The molecule has 4 rings (SSSR count). The van der Waals surface area contributed by atoms with E-state index in [1.165, 1.54) is 6.33 Å². The molecule has 1 aliphatic heterocycles. The first kappa shape index (κ1) is 19.5. The van der Waals surface area contributed by atoms with Gasteiger partial charge in [-0.1, -0.05) is 5.92 Å². The van der Waals surface area contributed by atoms with E-state index in [4.69, 9.17) is 4.98 Å². The van der Waals surface area contributed by atoms with Crippen LogP contribution in [0.2, 0.25) is 0 Å². The number of fused-ring (bicyclic) bond motifs is 1. The monoisotopic (exact) mass is 402 g/mol. The predicted octanol–water partition coefficient (Wildman–Crippen LogP) is 2.45. The Labute approximate surface area is 174 Å². The van der Waals surface area contributed by atoms with Crippen LogP contribution in [-0.4, -0.2) is 57.0 Å². The number of pyridine rings is 1. The van der Waals surface area contributed by atoms with E-state index in [9.17, 15) is 9.90 Å². The first-order chi connectivity index (χ1) is 14.5. The average Bonchev–Trinajstić information content (AvgIpc) is 2.76. The number of nitrogens with zero attached hydrogens (tertiary/aromatic N) is 5. The van der Waals surface area contributed by atoms with Crippen LogP contribution in [0.4, 0.5) is 17.3 Å². The smallest absolute Gasteiger partial charge is 0.298 e. The highest BCUT2D eigenvalue weighted by Crippen LogP contribution is 2.27. The van der Waals surface area contributed by atoms with Gasteiger partial charge in [0.1, 0.15) is 23.4 Å². The highest BCUT2D eigenvalue weighted by atomic mass is 16.3. The lowest BCUT2D eigenvalue weighted by molar-refractivity contribution is -0.125. The molecule has 1 aromatic carbocycles. The number of benzene rings is 1. The summed E-state index contributed by atoms with van der Waals surface area (Å²) in [5, 5.41) is 13.0. The fraction of sp³-hybridized carbons (Fsp3) is 0.273. The number of phenols is 1. The van der Waals surface area contributed by atoms with Gasteiger partial charge in [0.05, 0.1) is 5.52 Å². The Morgan fingerprint density at radius 1 is 1.13 bits per heavy atom. The van der Waals surface area contributed by atoms with Gasteiger partial charge >= 0.3 is 0 Å². The highest BCUT2D eigenvalue weighted by Gasteiger charge is 2.21. The van der Waals surface area contributed by atoms with Crippen LogP contribution in [0.3, 0.4) is 0 Å². The second kappa shape index (κ2) is 8.25. The first-order valence-electron chi connectivity index (χ1n) is 9.70. The largest absolute Gasteiger partial charge is 0.508 e. The number of nitrogens with one attached hydrogen (secondary N) is 1. The number of hydrogen-bond donors (Lipinski definition) is 2. The molecule has 0 spiro atoms. The number of piperazine rings is 1. The number of phenolic OH excluding ortho intramolecular Hbond substituents is 1. The van der Waals surface area contributed by atoms with Crippen LogP contribution in [0.1, 0.15) is 12.5 Å². The van der Waals surface area contributed by atoms with E-state index in [0.717, 1.165) is 22.6 Å². The van der Waals surface area contributed by atoms with Crippen molar-refractivity contribution in [2.24, 2.45) is 0 Å². The summed E-state index contributed by atoms with van der Waals surface area (Å²) in [6.45, 7) is 6.09. The molecule has 8 heteroatoms. The standard InChI is InChI=1S/C22H22N6O2/c1-3-4-20(30)28-11-9-27(10-12-28)19-8-6-17-21(26-19)22(24-14-23-17)25-16-5-7-18(29)15(2)13-16/h5-8,13-14,29H,9-12H2,1-2H3,(H,23,24,25). The second-order valence-electron chi connectivity index (χ2n) is 7.04. The maximum atomic E-state index is 12.0. The minimum atomic E-state index is -0.132. The van der Waals surface area contributed by atoms with Gasteiger partial charge < -0.3 is 20.2 Å². The summed E-state index contributed by atoms with van der Waals surface area (Å²) in [5.74, 6) is 6.78. The van der Waals surface area contributed by atoms with Crippen LogP contribution in [0, 0.1) is 18.8 Å². The molecular formula is C22H22N6O2. The SMILES string of the molecule is CC#CC(=O)N1CCN(c2ccc3ncnc(Nc4ccc(O)c(C)c4)c3n2)CC1. The number of amides is 1. The Bertz CT molecular complexity index is 1160. The molecule has 2 aromatic heterocycles. The number of anilines is 3. The summed E-state index contributed by atoms with van der Waals surface area (Å²) in [6, 6.07) is 9.14. The molecule has 0 radical (unpaired) electrons. The van der Waals surface area contributed by atoms with Crippen molar-refractivity contribution in [3.8, 4) is 17.6 Å². The third kappa shape index (κ3) is 3.96. The van der Waals surface area contributed by atoms with Crippen molar-refractivity contribution in [1.82, 2.24) is 19.9 Å². The number of carbonyl (C=O) groups is 1. The Morgan fingerprint density at radius 3 is 2.67 bits per heavy atom. The molecule has 1 saturated heterocycles. The fourth-order valence-electron chi connectivity index (χ4n) is 3.39. The molecule has 152 valence electrons. The van der Waals surface area contributed by atoms with Gasteiger partial charge in [0.25, 0.3) is 5.91 Å². The molecule has 1 aliphatic rings. The van der Waals surface area contributed by atoms with Crippen LogP contribution in [0.5, 0.6) is 5.75 Å². The van der Waals surface area contributed by atoms with Crippen molar-refractivity contribution < 1.29 is 9.90 Å². The fourth-order valence-corrected chi connectivity index (χ4v) is 3.39. The van der Waals surface area contributed by atoms with Gasteiger partial charge in [-0.25, -0.2) is 15.0 Å². The van der Waals surface area contributed by atoms with E-state index >= 15 is 0 Å². The highest BCUT2D eigenvalue weighted by molar-refractivity contribution is 5.93. The molecule has 8 nitrogen and oxygen atoms in total. The molecule has 1 amide bonds. The topological polar surface area (TPSA) is 94.5 Å². The second-order valence-corrected chi connectivity index (χ2v) is 7.04. The Kier molecular flexibility index (Phi) is 5.35. The molecule has 0 unspecified atom stereocenters. The normalized spacial score (nSPS) is 13.7. The van der Waals surface area contributed by atoms with E-state index in [1.54, 1.807) is 24.0 Å². The third-order valence-electron chi connectivity index (χ3n) is 5.05. The van der Waals surface area contributed by atoms with Gasteiger partial charge in [-0.2, -0.15) is 0 Å². The molecule has 2 N–H and O–H groups in total. The summed E-state index contributed by atoms with van der Waals surface area (Å²) in [4.78, 5) is 29.3. The number of carbonyl (C=O) groups excluding carboxylic acids is 1. The number of hydrogen-bond acceptors (Lipinski definition) is 7. The van der Waals surface area contributed by atoms with Crippen molar-refractivity contribution in [3.05, 3.63) is 42.2 Å². The van der Waals surface area contributed by atoms with Crippen LogP contribution < -0.4 is 10.2 Å². The van der Waals surface area contributed by atoms with Crippen molar-refractivity contribution in [2.45, 2.75) is 13.8 Å². The molecular weight excluding hydrogens is 380 g/mol. The van der Waals surface area contributed by atoms with Crippen molar-refractivity contribution >= 4 is 34.3 Å². The lowest BCUT2D eigenvalue weighted by Crippen LogP contribution is -2.48. The van der Waals surface area contributed by atoms with Crippen LogP contribution in [-0.2, 0) is 4.79 Å². The van der Waals surface area contributed by atoms with Crippen LogP contribution in [0.25, 0.3) is 11.0 Å². The molecule has 3 aromatic rings. The molecule has 0 atom stereocenters. The summed E-state index contributed by atoms with van der Waals surface area (Å²) in [6.07, 6.45) is 1.50. The number of aromatic hydroxyl groups is 1. The van der Waals surface area contributed by atoms with Gasteiger partial charge in [-0.05, 0) is 55.7 Å². The molecule has 3 heterocycles. The predicted molar refractivity (Wildman–Crippen MR) is 116 cm³/mol. The lowest BCUT2D eigenvalue weighted by Gasteiger charge is -2.34. The summed E-state index contributed by atoms with van der Waals surface area (Å²) < 4.78 is 0. The number of aryl methyl sites for hydroxylation is 1. The van der Waals surface area contributed by atoms with Crippen molar-refractivity contribution in [3.63, 3.8) is 0 Å². The number of rotatable bonds is 3. The van der Waals surface area contributed by atoms with Gasteiger partial charge in [0.2, 0.25) is 0 Å². The zero-order valence-corrected chi connectivity index (χ0v) is 16.9. The van der Waals surface area contributed by atoms with Gasteiger partial charge in [0.15, 0.2) is 5.82 Å². The molecule has 0 aliphatic carbocycles. The van der Waals surface area contributed by atoms with Gasteiger partial charge in [0, 0.05) is 31.9 Å². The third-order valence-corrected chi connectivity index (χ3v) is 5.05. The van der Waals surface area contributed by atoms with E-state index < -0.39 is 0 Å². The Balaban J connectivity index is 1.58. The summed E-state index contributed by atoms with van der Waals surface area (Å²) >= 11 is 0. The molecule has 0 saturated carbocycles.